The van der Waals surface area contributed by atoms with Crippen molar-refractivity contribution in [2.45, 2.75) is 12.5 Å². The first-order valence-electron chi connectivity index (χ1n) is 6.79. The summed E-state index contributed by atoms with van der Waals surface area (Å²) >= 11 is 11.8. The van der Waals surface area contributed by atoms with Gasteiger partial charge in [-0.15, -0.1) is 0 Å². The van der Waals surface area contributed by atoms with Crippen molar-refractivity contribution >= 4 is 46.4 Å². The molecule has 4 nitrogen and oxygen atoms in total. The summed E-state index contributed by atoms with van der Waals surface area (Å²) in [6, 6.07) is 9.46. The molecule has 3 rings (SSSR count). The Hall–Kier alpha value is -2.11. The summed E-state index contributed by atoms with van der Waals surface area (Å²) in [6.07, 6.45) is -0.0183. The number of nitrogens with one attached hydrogen (secondary N) is 1. The molecule has 23 heavy (non-hydrogen) atoms. The van der Waals surface area contributed by atoms with Crippen LogP contribution in [0, 0.1) is 5.82 Å². The van der Waals surface area contributed by atoms with Crippen molar-refractivity contribution in [1.82, 2.24) is 0 Å². The molecule has 1 N–H and O–H groups in total. The maximum absolute atomic E-state index is 13.3. The molecule has 1 unspecified atom stereocenters. The second-order valence-electron chi connectivity index (χ2n) is 5.08. The Bertz CT molecular complexity index is 797. The van der Waals surface area contributed by atoms with Crippen molar-refractivity contribution in [3.8, 4) is 0 Å². The van der Waals surface area contributed by atoms with Gasteiger partial charge < -0.3 is 5.32 Å². The molecular weight excluding hydrogens is 342 g/mol. The Morgan fingerprint density at radius 1 is 1.09 bits per heavy atom. The Balaban J connectivity index is 1.82. The molecule has 1 heterocycles. The van der Waals surface area contributed by atoms with E-state index in [2.05, 4.69) is 5.32 Å². The second kappa shape index (κ2) is 6.18. The SMILES string of the molecule is O=C1CC(Nc2ccc(Cl)c(Cl)c2)C(=O)N1c1cccc(F)c1. The highest BCUT2D eigenvalue weighted by molar-refractivity contribution is 6.42. The summed E-state index contributed by atoms with van der Waals surface area (Å²) in [4.78, 5) is 25.5. The number of nitrogens with zero attached hydrogens (tertiary/aromatic N) is 1. The summed E-state index contributed by atoms with van der Waals surface area (Å²) in [5.41, 5.74) is 0.796. The van der Waals surface area contributed by atoms with E-state index in [1.54, 1.807) is 18.2 Å². The highest BCUT2D eigenvalue weighted by atomic mass is 35.5. The lowest BCUT2D eigenvalue weighted by molar-refractivity contribution is -0.121. The van der Waals surface area contributed by atoms with E-state index in [4.69, 9.17) is 23.2 Å². The third-order valence-electron chi connectivity index (χ3n) is 3.47. The second-order valence-corrected chi connectivity index (χ2v) is 5.89. The average Bonchev–Trinajstić information content (AvgIpc) is 2.77. The molecule has 0 aliphatic carbocycles. The van der Waals surface area contributed by atoms with E-state index >= 15 is 0 Å². The maximum atomic E-state index is 13.3. The minimum Gasteiger partial charge on any atom is -0.373 e. The van der Waals surface area contributed by atoms with Crippen LogP contribution in [0.5, 0.6) is 0 Å². The van der Waals surface area contributed by atoms with Gasteiger partial charge >= 0.3 is 0 Å². The molecule has 1 atom stereocenters. The van der Waals surface area contributed by atoms with Gasteiger partial charge in [0.25, 0.3) is 5.91 Å². The molecule has 2 aromatic carbocycles. The first-order chi connectivity index (χ1) is 11.0. The largest absolute Gasteiger partial charge is 0.373 e. The number of hydrogen-bond acceptors (Lipinski definition) is 3. The number of benzene rings is 2. The number of carbonyl (C=O) groups is 2. The molecule has 1 aliphatic heterocycles. The molecule has 0 aromatic heterocycles. The van der Waals surface area contributed by atoms with Gasteiger partial charge in [0.05, 0.1) is 22.2 Å². The first kappa shape index (κ1) is 15.8. The van der Waals surface area contributed by atoms with Gasteiger partial charge in [-0.25, -0.2) is 9.29 Å². The van der Waals surface area contributed by atoms with Crippen LogP contribution in [0.1, 0.15) is 6.42 Å². The van der Waals surface area contributed by atoms with Gasteiger partial charge in [-0.2, -0.15) is 0 Å². The molecule has 0 radical (unpaired) electrons. The van der Waals surface area contributed by atoms with Gasteiger partial charge in [-0.3, -0.25) is 9.59 Å². The third kappa shape index (κ3) is 3.16. The highest BCUT2D eigenvalue weighted by Gasteiger charge is 2.39. The van der Waals surface area contributed by atoms with Crippen molar-refractivity contribution in [1.29, 1.82) is 0 Å². The number of hydrogen-bond donors (Lipinski definition) is 1. The van der Waals surface area contributed by atoms with Crippen LogP contribution in [0.25, 0.3) is 0 Å². The number of rotatable bonds is 3. The van der Waals surface area contributed by atoms with Crippen molar-refractivity contribution < 1.29 is 14.0 Å². The van der Waals surface area contributed by atoms with Crippen LogP contribution in [0.15, 0.2) is 42.5 Å². The van der Waals surface area contributed by atoms with E-state index < -0.39 is 23.7 Å². The maximum Gasteiger partial charge on any atom is 0.256 e. The summed E-state index contributed by atoms with van der Waals surface area (Å²) in [5, 5.41) is 3.69. The van der Waals surface area contributed by atoms with Crippen LogP contribution < -0.4 is 10.2 Å². The molecule has 2 amide bonds. The van der Waals surface area contributed by atoms with E-state index in [0.29, 0.717) is 15.7 Å². The van der Waals surface area contributed by atoms with Gasteiger partial charge in [0.2, 0.25) is 5.91 Å². The van der Waals surface area contributed by atoms with Crippen molar-refractivity contribution in [3.05, 3.63) is 58.3 Å². The number of carbonyl (C=O) groups excluding carboxylic acids is 2. The molecular formula is C16H11Cl2FN2O2. The van der Waals surface area contributed by atoms with Crippen molar-refractivity contribution in [2.24, 2.45) is 0 Å². The topological polar surface area (TPSA) is 49.4 Å². The molecule has 1 fully saturated rings. The van der Waals surface area contributed by atoms with Crippen LogP contribution in [0.2, 0.25) is 10.0 Å². The molecule has 1 saturated heterocycles. The molecule has 7 heteroatoms. The standard InChI is InChI=1S/C16H11Cl2FN2O2/c17-12-5-4-10(7-13(12)18)20-14-8-15(22)21(16(14)23)11-3-1-2-9(19)6-11/h1-7,14,20H,8H2. The molecule has 1 aliphatic rings. The van der Waals surface area contributed by atoms with Gasteiger partial charge in [0, 0.05) is 5.69 Å². The Morgan fingerprint density at radius 3 is 2.57 bits per heavy atom. The normalized spacial score (nSPS) is 17.7. The first-order valence-corrected chi connectivity index (χ1v) is 7.55. The lowest BCUT2D eigenvalue weighted by Gasteiger charge is -2.16. The Morgan fingerprint density at radius 2 is 1.87 bits per heavy atom. The van der Waals surface area contributed by atoms with Crippen molar-refractivity contribution in [2.75, 3.05) is 10.2 Å². The van der Waals surface area contributed by atoms with Crippen LogP contribution >= 0.6 is 23.2 Å². The fourth-order valence-corrected chi connectivity index (χ4v) is 2.72. The van der Waals surface area contributed by atoms with Crippen LogP contribution in [0.3, 0.4) is 0 Å². The molecule has 0 spiro atoms. The summed E-state index contributed by atoms with van der Waals surface area (Å²) in [5.74, 6) is -1.34. The van der Waals surface area contributed by atoms with E-state index in [-0.39, 0.29) is 12.1 Å². The fraction of sp³-hybridized carbons (Fsp3) is 0.125. The number of halogens is 3. The number of amides is 2. The highest BCUT2D eigenvalue weighted by Crippen LogP contribution is 2.28. The minimum absolute atomic E-state index is 0.0183. The number of anilines is 2. The zero-order chi connectivity index (χ0) is 16.6. The van der Waals surface area contributed by atoms with Crippen molar-refractivity contribution in [3.63, 3.8) is 0 Å². The number of imide groups is 1. The Labute approximate surface area is 141 Å². The molecule has 0 saturated carbocycles. The molecule has 0 bridgehead atoms. The van der Waals surface area contributed by atoms with Crippen LogP contribution in [-0.2, 0) is 9.59 Å². The Kier molecular flexibility index (Phi) is 4.24. The minimum atomic E-state index is -0.733. The molecule has 118 valence electrons. The van der Waals surface area contributed by atoms with Gasteiger partial charge in [-0.05, 0) is 36.4 Å². The molecule has 2 aromatic rings. The van der Waals surface area contributed by atoms with Gasteiger partial charge in [-0.1, -0.05) is 29.3 Å². The predicted molar refractivity (Wildman–Crippen MR) is 87.4 cm³/mol. The summed E-state index contributed by atoms with van der Waals surface area (Å²) in [6.45, 7) is 0. The average molecular weight is 353 g/mol. The third-order valence-corrected chi connectivity index (χ3v) is 4.21. The van der Waals surface area contributed by atoms with E-state index in [9.17, 15) is 14.0 Å². The van der Waals surface area contributed by atoms with Crippen LogP contribution in [0.4, 0.5) is 15.8 Å². The van der Waals surface area contributed by atoms with E-state index in [1.807, 2.05) is 0 Å². The summed E-state index contributed by atoms with van der Waals surface area (Å²) < 4.78 is 13.3. The fourth-order valence-electron chi connectivity index (χ4n) is 2.42. The lowest BCUT2D eigenvalue weighted by Crippen LogP contribution is -2.34. The zero-order valence-corrected chi connectivity index (χ0v) is 13.2. The quantitative estimate of drug-likeness (QED) is 0.852. The van der Waals surface area contributed by atoms with Gasteiger partial charge in [0.15, 0.2) is 0 Å². The van der Waals surface area contributed by atoms with E-state index in [0.717, 1.165) is 11.0 Å². The predicted octanol–water partition coefficient (Wildman–Crippen LogP) is 3.88. The lowest BCUT2D eigenvalue weighted by atomic mass is 10.2. The monoisotopic (exact) mass is 352 g/mol. The van der Waals surface area contributed by atoms with Gasteiger partial charge in [0.1, 0.15) is 11.9 Å². The van der Waals surface area contributed by atoms with Crippen LogP contribution in [-0.4, -0.2) is 17.9 Å². The van der Waals surface area contributed by atoms with E-state index in [1.165, 1.54) is 18.2 Å². The smallest absolute Gasteiger partial charge is 0.256 e. The zero-order valence-electron chi connectivity index (χ0n) is 11.7. The summed E-state index contributed by atoms with van der Waals surface area (Å²) in [7, 11) is 0.